The predicted molar refractivity (Wildman–Crippen MR) is 82.8 cm³/mol. The fourth-order valence-electron chi connectivity index (χ4n) is 2.14. The second-order valence-electron chi connectivity index (χ2n) is 4.27. The van der Waals surface area contributed by atoms with Crippen molar-refractivity contribution < 1.29 is 4.52 Å². The molecule has 20 heavy (non-hydrogen) atoms. The first kappa shape index (κ1) is 11.6. The number of anilines is 1. The first-order valence-corrected chi connectivity index (χ1v) is 7.65. The van der Waals surface area contributed by atoms with Gasteiger partial charge >= 0.3 is 0 Å². The summed E-state index contributed by atoms with van der Waals surface area (Å²) < 4.78 is 7.69. The van der Waals surface area contributed by atoms with Crippen LogP contribution in [0.25, 0.3) is 31.1 Å². The fourth-order valence-corrected chi connectivity index (χ4v) is 4.24. The number of nitrogens with zero attached hydrogens (tertiary/aromatic N) is 2. The van der Waals surface area contributed by atoms with E-state index in [0.29, 0.717) is 5.88 Å². The highest BCUT2D eigenvalue weighted by atomic mass is 32.1. The van der Waals surface area contributed by atoms with Gasteiger partial charge < -0.3 is 10.3 Å². The highest BCUT2D eigenvalue weighted by Gasteiger charge is 2.19. The van der Waals surface area contributed by atoms with Gasteiger partial charge in [-0.25, -0.2) is 0 Å². The minimum Gasteiger partial charge on any atom is -0.367 e. The van der Waals surface area contributed by atoms with Crippen LogP contribution in [0.3, 0.4) is 0 Å². The maximum atomic E-state index is 5.93. The van der Waals surface area contributed by atoms with Gasteiger partial charge in [-0.1, -0.05) is 11.2 Å². The van der Waals surface area contributed by atoms with Crippen molar-refractivity contribution >= 4 is 38.0 Å². The van der Waals surface area contributed by atoms with Crippen molar-refractivity contribution in [2.45, 2.75) is 0 Å². The number of pyridine rings is 1. The molecule has 0 aliphatic heterocycles. The molecule has 0 bridgehead atoms. The van der Waals surface area contributed by atoms with Gasteiger partial charge in [-0.2, -0.15) is 0 Å². The number of aromatic nitrogens is 2. The second-order valence-corrected chi connectivity index (χ2v) is 6.30. The van der Waals surface area contributed by atoms with E-state index in [0.717, 1.165) is 21.7 Å². The van der Waals surface area contributed by atoms with E-state index in [4.69, 9.17) is 10.3 Å². The largest absolute Gasteiger partial charge is 0.367 e. The summed E-state index contributed by atoms with van der Waals surface area (Å²) in [6.07, 6.45) is 3.50. The van der Waals surface area contributed by atoms with Crippen molar-refractivity contribution in [2.24, 2.45) is 0 Å². The van der Waals surface area contributed by atoms with E-state index < -0.39 is 0 Å². The SMILES string of the molecule is Nc1onc(-c2cc3sccc3s2)c1-c1cccnc1. The predicted octanol–water partition coefficient (Wildman–Crippen LogP) is 4.26. The Bertz CT molecular complexity index is 848. The van der Waals surface area contributed by atoms with E-state index in [2.05, 4.69) is 27.7 Å². The molecule has 0 radical (unpaired) electrons. The van der Waals surface area contributed by atoms with Crippen LogP contribution in [0.5, 0.6) is 0 Å². The molecule has 0 aliphatic carbocycles. The Morgan fingerprint density at radius 3 is 2.95 bits per heavy atom. The minimum atomic E-state index is 0.324. The molecule has 2 N–H and O–H groups in total. The lowest BCUT2D eigenvalue weighted by molar-refractivity contribution is 0.439. The van der Waals surface area contributed by atoms with Gasteiger partial charge in [0.1, 0.15) is 5.69 Å². The van der Waals surface area contributed by atoms with E-state index in [-0.39, 0.29) is 0 Å². The van der Waals surface area contributed by atoms with Crippen LogP contribution in [-0.2, 0) is 0 Å². The molecule has 0 spiro atoms. The number of hydrogen-bond acceptors (Lipinski definition) is 6. The number of hydrogen-bond donors (Lipinski definition) is 1. The monoisotopic (exact) mass is 299 g/mol. The topological polar surface area (TPSA) is 64.9 Å². The van der Waals surface area contributed by atoms with Crippen molar-refractivity contribution in [2.75, 3.05) is 5.73 Å². The van der Waals surface area contributed by atoms with Gasteiger partial charge in [0.05, 0.1) is 10.4 Å². The molecule has 0 saturated carbocycles. The zero-order valence-electron chi connectivity index (χ0n) is 10.2. The van der Waals surface area contributed by atoms with Crippen LogP contribution in [-0.4, -0.2) is 10.1 Å². The molecular formula is C14H9N3OS2. The van der Waals surface area contributed by atoms with E-state index in [1.54, 1.807) is 35.1 Å². The number of nitrogens with two attached hydrogens (primary N) is 1. The van der Waals surface area contributed by atoms with Gasteiger partial charge in [-0.3, -0.25) is 4.98 Å². The zero-order valence-corrected chi connectivity index (χ0v) is 11.9. The lowest BCUT2D eigenvalue weighted by Crippen LogP contribution is -1.87. The molecule has 6 heteroatoms. The molecular weight excluding hydrogens is 290 g/mol. The highest BCUT2D eigenvalue weighted by molar-refractivity contribution is 7.28. The summed E-state index contributed by atoms with van der Waals surface area (Å²) in [5.74, 6) is 0.324. The Kier molecular flexibility index (Phi) is 2.58. The van der Waals surface area contributed by atoms with Crippen LogP contribution >= 0.6 is 22.7 Å². The van der Waals surface area contributed by atoms with Crippen molar-refractivity contribution in [1.29, 1.82) is 0 Å². The molecule has 0 aliphatic rings. The van der Waals surface area contributed by atoms with Gasteiger partial charge in [-0.05, 0) is 23.6 Å². The molecule has 0 unspecified atom stereocenters. The molecule has 4 aromatic heterocycles. The molecule has 4 aromatic rings. The first-order chi connectivity index (χ1) is 9.83. The molecule has 0 saturated heterocycles. The van der Waals surface area contributed by atoms with E-state index in [1.165, 1.54) is 9.40 Å². The Labute approximate surface area is 122 Å². The summed E-state index contributed by atoms with van der Waals surface area (Å²) in [7, 11) is 0. The van der Waals surface area contributed by atoms with E-state index in [1.807, 2.05) is 12.1 Å². The van der Waals surface area contributed by atoms with Crippen LogP contribution in [0.1, 0.15) is 0 Å². The van der Waals surface area contributed by atoms with Crippen molar-refractivity contribution in [3.8, 4) is 21.7 Å². The summed E-state index contributed by atoms with van der Waals surface area (Å²) in [5, 5.41) is 6.21. The quantitative estimate of drug-likeness (QED) is 0.600. The Hall–Kier alpha value is -2.18. The molecule has 0 aromatic carbocycles. The molecule has 98 valence electrons. The summed E-state index contributed by atoms with van der Waals surface area (Å²) in [6, 6.07) is 8.07. The summed E-state index contributed by atoms with van der Waals surface area (Å²) >= 11 is 3.41. The number of rotatable bonds is 2. The van der Waals surface area contributed by atoms with Gasteiger partial charge in [0.15, 0.2) is 0 Å². The minimum absolute atomic E-state index is 0.324. The summed E-state index contributed by atoms with van der Waals surface area (Å²) in [4.78, 5) is 5.19. The molecule has 0 atom stereocenters. The normalized spacial score (nSPS) is 11.2. The molecule has 0 fully saturated rings. The second kappa shape index (κ2) is 4.43. The Balaban J connectivity index is 1.93. The lowest BCUT2D eigenvalue weighted by Gasteiger charge is -1.99. The van der Waals surface area contributed by atoms with E-state index >= 15 is 0 Å². The maximum Gasteiger partial charge on any atom is 0.230 e. The van der Waals surface area contributed by atoms with Crippen LogP contribution in [0.4, 0.5) is 5.88 Å². The van der Waals surface area contributed by atoms with Crippen LogP contribution < -0.4 is 5.73 Å². The average Bonchev–Trinajstić information content (AvgIpc) is 3.12. The van der Waals surface area contributed by atoms with Gasteiger partial charge in [0, 0.05) is 27.4 Å². The molecule has 0 amide bonds. The fraction of sp³-hybridized carbons (Fsp3) is 0. The highest BCUT2D eigenvalue weighted by Crippen LogP contribution is 2.41. The number of thiophene rings is 2. The lowest BCUT2D eigenvalue weighted by atomic mass is 10.1. The van der Waals surface area contributed by atoms with Gasteiger partial charge in [0.2, 0.25) is 5.88 Å². The third-order valence-electron chi connectivity index (χ3n) is 3.04. The van der Waals surface area contributed by atoms with Crippen LogP contribution in [0.15, 0.2) is 46.6 Å². The van der Waals surface area contributed by atoms with Crippen LogP contribution in [0.2, 0.25) is 0 Å². The summed E-state index contributed by atoms with van der Waals surface area (Å²) in [6.45, 7) is 0. The van der Waals surface area contributed by atoms with E-state index in [9.17, 15) is 0 Å². The standard InChI is InChI=1S/C14H9N3OS2/c15-14-12(8-2-1-4-16-7-8)13(17-18-14)11-6-10-9(20-11)3-5-19-10/h1-7H,15H2. The Morgan fingerprint density at radius 2 is 2.15 bits per heavy atom. The third-order valence-corrected chi connectivity index (χ3v) is 5.14. The molecule has 4 rings (SSSR count). The Morgan fingerprint density at radius 1 is 1.20 bits per heavy atom. The smallest absolute Gasteiger partial charge is 0.230 e. The average molecular weight is 299 g/mol. The van der Waals surface area contributed by atoms with Gasteiger partial charge in [-0.15, -0.1) is 22.7 Å². The zero-order chi connectivity index (χ0) is 13.5. The number of fused-ring (bicyclic) bond motifs is 1. The molecule has 4 nitrogen and oxygen atoms in total. The maximum absolute atomic E-state index is 5.93. The van der Waals surface area contributed by atoms with Gasteiger partial charge in [0.25, 0.3) is 0 Å². The van der Waals surface area contributed by atoms with Crippen molar-refractivity contribution in [3.05, 3.63) is 42.0 Å². The van der Waals surface area contributed by atoms with Crippen LogP contribution in [0, 0.1) is 0 Å². The van der Waals surface area contributed by atoms with Crippen molar-refractivity contribution in [1.82, 2.24) is 10.1 Å². The number of nitrogen functional groups attached to an aromatic ring is 1. The third kappa shape index (κ3) is 1.73. The first-order valence-electron chi connectivity index (χ1n) is 5.96. The summed E-state index contributed by atoms with van der Waals surface area (Å²) in [5.41, 5.74) is 8.44. The van der Waals surface area contributed by atoms with Crippen molar-refractivity contribution in [3.63, 3.8) is 0 Å². The molecule has 4 heterocycles.